The first kappa shape index (κ1) is 22.2. The lowest BCUT2D eigenvalue weighted by atomic mass is 10.0. The SMILES string of the molecule is O=C1CNC(=O)[C@H](Cc2c[nH]c3ccccc23)N1.c1ccc2c(C[C@H]3CNCCN3)c[nH]c2c1. The minimum absolute atomic E-state index is 0.0726. The van der Waals surface area contributed by atoms with Gasteiger partial charge in [-0.2, -0.15) is 0 Å². The molecule has 2 aliphatic rings. The summed E-state index contributed by atoms with van der Waals surface area (Å²) in [6.07, 6.45) is 5.62. The van der Waals surface area contributed by atoms with Gasteiger partial charge in [0.1, 0.15) is 6.04 Å². The van der Waals surface area contributed by atoms with Gasteiger partial charge in [-0.25, -0.2) is 0 Å². The van der Waals surface area contributed by atoms with Gasteiger partial charge >= 0.3 is 0 Å². The molecule has 2 amide bonds. The Hall–Kier alpha value is -3.62. The zero-order valence-corrected chi connectivity index (χ0v) is 19.0. The maximum atomic E-state index is 11.7. The Kier molecular flexibility index (Phi) is 6.60. The molecule has 6 N–H and O–H groups in total. The van der Waals surface area contributed by atoms with Crippen LogP contribution < -0.4 is 21.3 Å². The molecule has 2 fully saturated rings. The van der Waals surface area contributed by atoms with Crippen LogP contribution in [-0.2, 0) is 22.4 Å². The summed E-state index contributed by atoms with van der Waals surface area (Å²) in [5.41, 5.74) is 4.72. The summed E-state index contributed by atoms with van der Waals surface area (Å²) in [6.45, 7) is 3.31. The van der Waals surface area contributed by atoms with Gasteiger partial charge in [0.05, 0.1) is 6.54 Å². The van der Waals surface area contributed by atoms with Gasteiger partial charge in [-0.05, 0) is 29.7 Å². The molecule has 0 spiro atoms. The van der Waals surface area contributed by atoms with E-state index in [9.17, 15) is 9.59 Å². The van der Waals surface area contributed by atoms with Crippen LogP contribution in [0.3, 0.4) is 0 Å². The smallest absolute Gasteiger partial charge is 0.243 e. The molecule has 2 aliphatic heterocycles. The van der Waals surface area contributed by atoms with Crippen molar-refractivity contribution in [3.05, 3.63) is 72.1 Å². The van der Waals surface area contributed by atoms with Gasteiger partial charge in [-0.1, -0.05) is 36.4 Å². The number of aromatic nitrogens is 2. The summed E-state index contributed by atoms with van der Waals surface area (Å²) in [4.78, 5) is 29.4. The van der Waals surface area contributed by atoms with E-state index in [0.717, 1.165) is 42.5 Å². The zero-order valence-electron chi connectivity index (χ0n) is 19.0. The Balaban J connectivity index is 0.000000142. The number of aromatic amines is 2. The highest BCUT2D eigenvalue weighted by atomic mass is 16.2. The van der Waals surface area contributed by atoms with Crippen LogP contribution >= 0.6 is 0 Å². The minimum Gasteiger partial charge on any atom is -0.361 e. The zero-order chi connectivity index (χ0) is 23.3. The average molecular weight is 459 g/mol. The van der Waals surface area contributed by atoms with Crippen molar-refractivity contribution in [2.45, 2.75) is 24.9 Å². The fraction of sp³-hybridized carbons (Fsp3) is 0.308. The van der Waals surface area contributed by atoms with E-state index in [1.165, 1.54) is 16.5 Å². The molecule has 2 aromatic carbocycles. The third-order valence-electron chi connectivity index (χ3n) is 6.44. The third-order valence-corrected chi connectivity index (χ3v) is 6.44. The van der Waals surface area contributed by atoms with E-state index in [2.05, 4.69) is 61.7 Å². The van der Waals surface area contributed by atoms with Crippen LogP contribution in [0.25, 0.3) is 21.8 Å². The van der Waals surface area contributed by atoms with Crippen LogP contribution in [0.2, 0.25) is 0 Å². The number of H-pyrrole nitrogens is 2. The molecule has 2 aromatic heterocycles. The van der Waals surface area contributed by atoms with Crippen molar-refractivity contribution in [3.8, 4) is 0 Å². The fourth-order valence-electron chi connectivity index (χ4n) is 4.69. The second kappa shape index (κ2) is 10.1. The Morgan fingerprint density at radius 2 is 1.44 bits per heavy atom. The number of benzene rings is 2. The van der Waals surface area contributed by atoms with Crippen molar-refractivity contribution in [1.29, 1.82) is 0 Å². The number of carbonyl (C=O) groups is 2. The van der Waals surface area contributed by atoms with Crippen LogP contribution in [0.1, 0.15) is 11.1 Å². The Bertz CT molecular complexity index is 1290. The Labute approximate surface area is 197 Å². The number of fused-ring (bicyclic) bond motifs is 2. The maximum absolute atomic E-state index is 11.7. The summed E-state index contributed by atoms with van der Waals surface area (Å²) in [7, 11) is 0. The van der Waals surface area contributed by atoms with E-state index in [1.54, 1.807) is 0 Å². The lowest BCUT2D eigenvalue weighted by molar-refractivity contribution is -0.133. The van der Waals surface area contributed by atoms with E-state index < -0.39 is 6.04 Å². The molecule has 8 nitrogen and oxygen atoms in total. The fourth-order valence-corrected chi connectivity index (χ4v) is 4.69. The van der Waals surface area contributed by atoms with Gasteiger partial charge in [0.2, 0.25) is 11.8 Å². The number of rotatable bonds is 4. The second-order valence-electron chi connectivity index (χ2n) is 8.82. The van der Waals surface area contributed by atoms with Crippen molar-refractivity contribution in [1.82, 2.24) is 31.2 Å². The van der Waals surface area contributed by atoms with E-state index in [0.29, 0.717) is 12.5 Å². The normalized spacial score (nSPS) is 20.5. The summed E-state index contributed by atoms with van der Waals surface area (Å²) < 4.78 is 0. The molecule has 0 saturated carbocycles. The lowest BCUT2D eigenvalue weighted by Crippen LogP contribution is -2.56. The monoisotopic (exact) mass is 458 g/mol. The van der Waals surface area contributed by atoms with Crippen LogP contribution in [0.5, 0.6) is 0 Å². The van der Waals surface area contributed by atoms with Gasteiger partial charge in [0, 0.05) is 66.3 Å². The van der Waals surface area contributed by atoms with Gasteiger partial charge in [-0.3, -0.25) is 9.59 Å². The number of amides is 2. The van der Waals surface area contributed by atoms with Crippen LogP contribution in [0.15, 0.2) is 60.9 Å². The lowest BCUT2D eigenvalue weighted by Gasteiger charge is -2.24. The number of carbonyl (C=O) groups excluding carboxylic acids is 2. The predicted molar refractivity (Wildman–Crippen MR) is 134 cm³/mol. The van der Waals surface area contributed by atoms with Gasteiger partial charge in [0.15, 0.2) is 0 Å². The summed E-state index contributed by atoms with van der Waals surface area (Å²) in [6, 6.07) is 16.5. The largest absolute Gasteiger partial charge is 0.361 e. The number of nitrogens with one attached hydrogen (secondary N) is 6. The molecule has 176 valence electrons. The first-order valence-electron chi connectivity index (χ1n) is 11.8. The Morgan fingerprint density at radius 1 is 0.794 bits per heavy atom. The second-order valence-corrected chi connectivity index (χ2v) is 8.82. The summed E-state index contributed by atoms with van der Waals surface area (Å²) in [5.74, 6) is -0.265. The predicted octanol–water partition coefficient (Wildman–Crippen LogP) is 1.60. The van der Waals surface area contributed by atoms with Gasteiger partial charge in [0.25, 0.3) is 0 Å². The minimum atomic E-state index is -0.481. The topological polar surface area (TPSA) is 114 Å². The summed E-state index contributed by atoms with van der Waals surface area (Å²) >= 11 is 0. The van der Waals surface area contributed by atoms with Gasteiger partial charge < -0.3 is 31.2 Å². The van der Waals surface area contributed by atoms with Crippen LogP contribution in [0, 0.1) is 0 Å². The van der Waals surface area contributed by atoms with E-state index >= 15 is 0 Å². The van der Waals surface area contributed by atoms with Crippen LogP contribution in [0.4, 0.5) is 0 Å². The molecule has 0 unspecified atom stereocenters. The molecule has 0 radical (unpaired) electrons. The molecule has 4 heterocycles. The maximum Gasteiger partial charge on any atom is 0.243 e. The van der Waals surface area contributed by atoms with Gasteiger partial charge in [-0.15, -0.1) is 0 Å². The average Bonchev–Trinajstić information content (AvgIpc) is 3.47. The van der Waals surface area contributed by atoms with Crippen molar-refractivity contribution in [2.24, 2.45) is 0 Å². The molecule has 34 heavy (non-hydrogen) atoms. The van der Waals surface area contributed by atoms with E-state index in [1.807, 2.05) is 30.5 Å². The van der Waals surface area contributed by atoms with E-state index in [-0.39, 0.29) is 18.4 Å². The molecular formula is C26H30N6O2. The Morgan fingerprint density at radius 3 is 2.09 bits per heavy atom. The van der Waals surface area contributed by atoms with Crippen molar-refractivity contribution in [2.75, 3.05) is 26.2 Å². The third kappa shape index (κ3) is 4.98. The molecule has 2 saturated heterocycles. The first-order chi connectivity index (χ1) is 16.7. The highest BCUT2D eigenvalue weighted by Gasteiger charge is 2.26. The molecule has 4 aromatic rings. The highest BCUT2D eigenvalue weighted by Crippen LogP contribution is 2.20. The molecule has 2 atom stereocenters. The van der Waals surface area contributed by atoms with Crippen molar-refractivity contribution >= 4 is 33.6 Å². The number of hydrogen-bond donors (Lipinski definition) is 6. The standard InChI is InChI=1S/C13H13N3O2.C13H17N3/c17-12-7-15-13(18)11(16-12)5-8-6-14-10-4-2-1-3-9(8)10;1-2-4-13-12(3-1)10(8-16-13)7-11-9-14-5-6-15-11/h1-4,6,11,14H,5,7H2,(H,15,18)(H,16,17);1-4,8,11,14-16H,5-7,9H2/t2*11-/m00/s1. The quantitative estimate of drug-likeness (QED) is 0.279. The molecule has 0 aliphatic carbocycles. The molecular weight excluding hydrogens is 428 g/mol. The molecule has 0 bridgehead atoms. The summed E-state index contributed by atoms with van der Waals surface area (Å²) in [5, 5.41) is 14.7. The highest BCUT2D eigenvalue weighted by molar-refractivity contribution is 5.95. The molecule has 6 rings (SSSR count). The van der Waals surface area contributed by atoms with E-state index in [4.69, 9.17) is 0 Å². The molecule has 8 heteroatoms. The number of piperazine rings is 2. The number of hydrogen-bond acceptors (Lipinski definition) is 4. The number of para-hydroxylation sites is 2. The van der Waals surface area contributed by atoms with Crippen molar-refractivity contribution in [3.63, 3.8) is 0 Å². The van der Waals surface area contributed by atoms with Crippen molar-refractivity contribution < 1.29 is 9.59 Å². The first-order valence-corrected chi connectivity index (χ1v) is 11.8. The van der Waals surface area contributed by atoms with Crippen LogP contribution in [-0.4, -0.2) is 60.0 Å².